The zero-order chi connectivity index (χ0) is 17.4. The lowest BCUT2D eigenvalue weighted by atomic mass is 9.95. The van der Waals surface area contributed by atoms with Crippen molar-refractivity contribution in [3.05, 3.63) is 63.9 Å². The third-order valence-corrected chi connectivity index (χ3v) is 5.30. The van der Waals surface area contributed by atoms with Crippen molar-refractivity contribution in [2.75, 3.05) is 13.1 Å². The number of para-hydroxylation sites is 2. The van der Waals surface area contributed by atoms with E-state index in [-0.39, 0.29) is 5.91 Å². The molecule has 1 aliphatic rings. The highest BCUT2D eigenvalue weighted by Crippen LogP contribution is 2.29. The van der Waals surface area contributed by atoms with Crippen molar-refractivity contribution in [1.29, 1.82) is 0 Å². The zero-order valence-corrected chi connectivity index (χ0v) is 15.0. The summed E-state index contributed by atoms with van der Waals surface area (Å²) in [6.07, 6.45) is 1.76. The van der Waals surface area contributed by atoms with E-state index in [9.17, 15) is 4.79 Å². The maximum absolute atomic E-state index is 12.7. The van der Waals surface area contributed by atoms with Crippen LogP contribution < -0.4 is 0 Å². The van der Waals surface area contributed by atoms with Crippen molar-refractivity contribution >= 4 is 40.1 Å². The van der Waals surface area contributed by atoms with Crippen molar-refractivity contribution < 1.29 is 4.79 Å². The lowest BCUT2D eigenvalue weighted by Gasteiger charge is -2.31. The third kappa shape index (κ3) is 3.24. The molecule has 0 unspecified atom stereocenters. The molecule has 0 aliphatic carbocycles. The molecule has 0 atom stereocenters. The first kappa shape index (κ1) is 16.4. The van der Waals surface area contributed by atoms with E-state index in [0.717, 1.165) is 29.7 Å². The number of benzene rings is 2. The van der Waals surface area contributed by atoms with Gasteiger partial charge in [0.15, 0.2) is 0 Å². The number of imidazole rings is 1. The fourth-order valence-corrected chi connectivity index (χ4v) is 3.72. The van der Waals surface area contributed by atoms with Gasteiger partial charge in [0.2, 0.25) is 0 Å². The molecule has 1 N–H and O–H groups in total. The second kappa shape index (κ2) is 6.70. The van der Waals surface area contributed by atoms with Gasteiger partial charge in [0.05, 0.1) is 21.6 Å². The first-order chi connectivity index (χ1) is 12.1. The van der Waals surface area contributed by atoms with Crippen LogP contribution >= 0.6 is 23.2 Å². The number of hydrogen-bond acceptors (Lipinski definition) is 2. The smallest absolute Gasteiger partial charge is 0.255 e. The van der Waals surface area contributed by atoms with Crippen molar-refractivity contribution in [3.63, 3.8) is 0 Å². The Morgan fingerprint density at radius 2 is 1.88 bits per heavy atom. The van der Waals surface area contributed by atoms with Crippen LogP contribution in [0.25, 0.3) is 11.0 Å². The Kier molecular flexibility index (Phi) is 4.40. The molecule has 2 heterocycles. The van der Waals surface area contributed by atoms with Gasteiger partial charge in [0.1, 0.15) is 5.82 Å². The van der Waals surface area contributed by atoms with Crippen LogP contribution in [0.2, 0.25) is 10.0 Å². The molecule has 6 heteroatoms. The molecule has 2 aromatic carbocycles. The number of amides is 1. The van der Waals surface area contributed by atoms with E-state index < -0.39 is 0 Å². The van der Waals surface area contributed by atoms with Gasteiger partial charge in [-0.1, -0.05) is 35.3 Å². The van der Waals surface area contributed by atoms with Gasteiger partial charge in [-0.2, -0.15) is 0 Å². The first-order valence-electron chi connectivity index (χ1n) is 8.31. The first-order valence-corrected chi connectivity index (χ1v) is 9.06. The maximum Gasteiger partial charge on any atom is 0.255 e. The molecule has 25 heavy (non-hydrogen) atoms. The number of hydrogen-bond donors (Lipinski definition) is 1. The second-order valence-corrected chi connectivity index (χ2v) is 7.17. The highest BCUT2D eigenvalue weighted by molar-refractivity contribution is 6.35. The van der Waals surface area contributed by atoms with Crippen LogP contribution in [0.3, 0.4) is 0 Å². The molecule has 1 aliphatic heterocycles. The molecular formula is C19H17Cl2N3O. The molecule has 4 rings (SSSR count). The quantitative estimate of drug-likeness (QED) is 0.694. The van der Waals surface area contributed by atoms with Gasteiger partial charge in [0.25, 0.3) is 5.91 Å². The van der Waals surface area contributed by atoms with Gasteiger partial charge in [-0.15, -0.1) is 0 Å². The summed E-state index contributed by atoms with van der Waals surface area (Å²) in [6, 6.07) is 13.0. The van der Waals surface area contributed by atoms with Gasteiger partial charge >= 0.3 is 0 Å². The number of nitrogens with one attached hydrogen (secondary N) is 1. The number of piperidine rings is 1. The van der Waals surface area contributed by atoms with Crippen LogP contribution in [0, 0.1) is 0 Å². The molecule has 128 valence electrons. The second-order valence-electron chi connectivity index (χ2n) is 6.33. The van der Waals surface area contributed by atoms with Crippen molar-refractivity contribution in [2.24, 2.45) is 0 Å². The number of carbonyl (C=O) groups is 1. The van der Waals surface area contributed by atoms with Gasteiger partial charge < -0.3 is 9.88 Å². The Morgan fingerprint density at radius 3 is 2.64 bits per heavy atom. The molecular weight excluding hydrogens is 357 g/mol. The number of carbonyl (C=O) groups excluding carboxylic acids is 1. The van der Waals surface area contributed by atoms with Gasteiger partial charge in [0, 0.05) is 24.0 Å². The van der Waals surface area contributed by atoms with E-state index >= 15 is 0 Å². The van der Waals surface area contributed by atoms with Gasteiger partial charge in [-0.05, 0) is 43.2 Å². The van der Waals surface area contributed by atoms with Gasteiger partial charge in [-0.3, -0.25) is 4.79 Å². The molecule has 1 amide bonds. The molecule has 0 radical (unpaired) electrons. The molecule has 4 nitrogen and oxygen atoms in total. The van der Waals surface area contributed by atoms with E-state index in [1.165, 1.54) is 0 Å². The summed E-state index contributed by atoms with van der Waals surface area (Å²) < 4.78 is 0. The third-order valence-electron chi connectivity index (χ3n) is 4.74. The SMILES string of the molecule is O=C(c1cc(Cl)ccc1Cl)N1CCC(c2nc3ccccc3[nH]2)CC1. The number of aromatic nitrogens is 2. The number of halogens is 2. The minimum absolute atomic E-state index is 0.0597. The van der Waals surface area contributed by atoms with E-state index in [0.29, 0.717) is 34.6 Å². The Hall–Kier alpha value is -2.04. The molecule has 3 aromatic rings. The molecule has 1 aromatic heterocycles. The minimum atomic E-state index is -0.0597. The van der Waals surface area contributed by atoms with Crippen molar-refractivity contribution in [1.82, 2.24) is 14.9 Å². The maximum atomic E-state index is 12.7. The lowest BCUT2D eigenvalue weighted by Crippen LogP contribution is -2.38. The number of rotatable bonds is 2. The molecule has 0 bridgehead atoms. The monoisotopic (exact) mass is 373 g/mol. The summed E-state index contributed by atoms with van der Waals surface area (Å²) in [4.78, 5) is 22.7. The van der Waals surface area contributed by atoms with E-state index in [2.05, 4.69) is 4.98 Å². The number of likely N-dealkylation sites (tertiary alicyclic amines) is 1. The topological polar surface area (TPSA) is 49.0 Å². The molecule has 0 saturated carbocycles. The van der Waals surface area contributed by atoms with Crippen LogP contribution in [0.1, 0.15) is 34.9 Å². The number of H-pyrrole nitrogens is 1. The zero-order valence-electron chi connectivity index (χ0n) is 13.5. The predicted octanol–water partition coefficient (Wildman–Crippen LogP) is 4.89. The Bertz CT molecular complexity index is 896. The fraction of sp³-hybridized carbons (Fsp3) is 0.263. The van der Waals surface area contributed by atoms with E-state index in [1.54, 1.807) is 18.2 Å². The number of aromatic amines is 1. The summed E-state index contributed by atoms with van der Waals surface area (Å²) in [5.74, 6) is 1.29. The van der Waals surface area contributed by atoms with Gasteiger partial charge in [-0.25, -0.2) is 4.98 Å². The highest BCUT2D eigenvalue weighted by Gasteiger charge is 2.27. The van der Waals surface area contributed by atoms with Crippen LogP contribution in [-0.2, 0) is 0 Å². The Labute approximate surface area is 155 Å². The van der Waals surface area contributed by atoms with Crippen molar-refractivity contribution in [2.45, 2.75) is 18.8 Å². The van der Waals surface area contributed by atoms with Crippen LogP contribution in [0.5, 0.6) is 0 Å². The Morgan fingerprint density at radius 1 is 1.12 bits per heavy atom. The standard InChI is InChI=1S/C19H17Cl2N3O/c20-13-5-6-15(21)14(11-13)19(25)24-9-7-12(8-10-24)18-22-16-3-1-2-4-17(16)23-18/h1-6,11-12H,7-10H2,(H,22,23). The predicted molar refractivity (Wildman–Crippen MR) is 100 cm³/mol. The van der Waals surface area contributed by atoms with E-state index in [1.807, 2.05) is 29.2 Å². The Balaban J connectivity index is 1.47. The van der Waals surface area contributed by atoms with Crippen molar-refractivity contribution in [3.8, 4) is 0 Å². The molecule has 0 spiro atoms. The minimum Gasteiger partial charge on any atom is -0.342 e. The molecule has 1 fully saturated rings. The fourth-order valence-electron chi connectivity index (χ4n) is 3.35. The van der Waals surface area contributed by atoms with Crippen LogP contribution in [0.4, 0.5) is 0 Å². The van der Waals surface area contributed by atoms with Crippen LogP contribution in [0.15, 0.2) is 42.5 Å². The number of fused-ring (bicyclic) bond motifs is 1. The summed E-state index contributed by atoms with van der Waals surface area (Å²) in [5, 5.41) is 0.957. The van der Waals surface area contributed by atoms with E-state index in [4.69, 9.17) is 28.2 Å². The molecule has 1 saturated heterocycles. The number of nitrogens with zero attached hydrogens (tertiary/aromatic N) is 2. The normalized spacial score (nSPS) is 15.7. The summed E-state index contributed by atoms with van der Waals surface area (Å²) in [6.45, 7) is 1.37. The average molecular weight is 374 g/mol. The summed E-state index contributed by atoms with van der Waals surface area (Å²) in [7, 11) is 0. The highest BCUT2D eigenvalue weighted by atomic mass is 35.5. The van der Waals surface area contributed by atoms with Crippen LogP contribution in [-0.4, -0.2) is 33.9 Å². The lowest BCUT2D eigenvalue weighted by molar-refractivity contribution is 0.0711. The summed E-state index contributed by atoms with van der Waals surface area (Å²) >= 11 is 12.2. The summed E-state index contributed by atoms with van der Waals surface area (Å²) in [5.41, 5.74) is 2.51. The largest absolute Gasteiger partial charge is 0.342 e. The average Bonchev–Trinajstić information content (AvgIpc) is 3.07.